The number of hydrogen-bond acceptors (Lipinski definition) is 4. The van der Waals surface area contributed by atoms with Gasteiger partial charge in [0.2, 0.25) is 0 Å². The molecule has 0 aliphatic rings. The average molecular weight is 330 g/mol. The topological polar surface area (TPSA) is 59.9 Å². The number of carbonyl (C=O) groups is 1. The van der Waals surface area contributed by atoms with E-state index in [1.807, 2.05) is 6.92 Å². The van der Waals surface area contributed by atoms with Gasteiger partial charge in [0.25, 0.3) is 5.91 Å². The smallest absolute Gasteiger partial charge is 0.271 e. The molecule has 5 nitrogen and oxygen atoms in total. The number of nitrogens with zero attached hydrogens (tertiary/aromatic N) is 1. The maximum absolute atomic E-state index is 13.7. The molecule has 0 heterocycles. The first kappa shape index (κ1) is 17.5. The van der Waals surface area contributed by atoms with Crippen LogP contribution in [0.4, 0.5) is 4.39 Å². The Morgan fingerprint density at radius 2 is 1.83 bits per heavy atom. The molecule has 1 N–H and O–H groups in total. The van der Waals surface area contributed by atoms with Crippen molar-refractivity contribution in [2.45, 2.75) is 13.8 Å². The number of hydrogen-bond donors (Lipinski definition) is 1. The lowest BCUT2D eigenvalue weighted by Crippen LogP contribution is -2.19. The number of nitrogens with one attached hydrogen (secondary N) is 1. The molecule has 0 atom stereocenters. The summed E-state index contributed by atoms with van der Waals surface area (Å²) in [5.41, 5.74) is 3.94. The SMILES string of the molecule is CCOc1ccc(C(=O)N/N=C(/C)c2ccc(OC)c(F)c2)cc1. The Hall–Kier alpha value is -2.89. The van der Waals surface area contributed by atoms with Crippen molar-refractivity contribution in [3.05, 3.63) is 59.4 Å². The third kappa shape index (κ3) is 4.32. The number of hydrazone groups is 1. The summed E-state index contributed by atoms with van der Waals surface area (Å²) >= 11 is 0. The van der Waals surface area contributed by atoms with Crippen molar-refractivity contribution in [1.29, 1.82) is 0 Å². The predicted molar refractivity (Wildman–Crippen MR) is 90.2 cm³/mol. The van der Waals surface area contributed by atoms with E-state index >= 15 is 0 Å². The lowest BCUT2D eigenvalue weighted by atomic mass is 10.1. The van der Waals surface area contributed by atoms with Crippen LogP contribution in [-0.4, -0.2) is 25.3 Å². The summed E-state index contributed by atoms with van der Waals surface area (Å²) < 4.78 is 23.9. The van der Waals surface area contributed by atoms with Crippen molar-refractivity contribution in [3.8, 4) is 11.5 Å². The maximum atomic E-state index is 13.7. The summed E-state index contributed by atoms with van der Waals surface area (Å²) in [5.74, 6) is 0.0150. The van der Waals surface area contributed by atoms with Gasteiger partial charge in [0.05, 0.1) is 19.4 Å². The Morgan fingerprint density at radius 1 is 1.17 bits per heavy atom. The van der Waals surface area contributed by atoms with E-state index in [-0.39, 0.29) is 11.7 Å². The van der Waals surface area contributed by atoms with Crippen molar-refractivity contribution < 1.29 is 18.7 Å². The standard InChI is InChI=1S/C18H19FN2O3/c1-4-24-15-8-5-13(6-9-15)18(22)21-20-12(2)14-7-10-17(23-3)16(19)11-14/h5-11H,4H2,1-3H3,(H,21,22)/b20-12-. The summed E-state index contributed by atoms with van der Waals surface area (Å²) in [5, 5.41) is 4.00. The summed E-state index contributed by atoms with van der Waals surface area (Å²) in [7, 11) is 1.40. The summed E-state index contributed by atoms with van der Waals surface area (Å²) in [6.45, 7) is 4.13. The number of halogens is 1. The van der Waals surface area contributed by atoms with Gasteiger partial charge in [-0.05, 0) is 56.3 Å². The van der Waals surface area contributed by atoms with Crippen LogP contribution in [0.1, 0.15) is 29.8 Å². The molecule has 1 amide bonds. The van der Waals surface area contributed by atoms with Crippen LogP contribution in [0.3, 0.4) is 0 Å². The fraction of sp³-hybridized carbons (Fsp3) is 0.222. The van der Waals surface area contributed by atoms with Crippen molar-refractivity contribution in [1.82, 2.24) is 5.43 Å². The van der Waals surface area contributed by atoms with Gasteiger partial charge >= 0.3 is 0 Å². The zero-order valence-electron chi connectivity index (χ0n) is 13.8. The first-order chi connectivity index (χ1) is 11.5. The van der Waals surface area contributed by atoms with Crippen molar-refractivity contribution in [3.63, 3.8) is 0 Å². The van der Waals surface area contributed by atoms with Gasteiger partial charge in [-0.25, -0.2) is 9.82 Å². The van der Waals surface area contributed by atoms with Crippen LogP contribution in [0.25, 0.3) is 0 Å². The van der Waals surface area contributed by atoms with E-state index in [1.54, 1.807) is 37.3 Å². The molecule has 2 aromatic rings. The highest BCUT2D eigenvalue weighted by molar-refractivity contribution is 6.01. The zero-order valence-corrected chi connectivity index (χ0v) is 13.8. The molecule has 2 rings (SSSR count). The number of methoxy groups -OCH3 is 1. The summed E-state index contributed by atoms with van der Waals surface area (Å²) in [6, 6.07) is 11.2. The molecule has 126 valence electrons. The number of ether oxygens (including phenoxy) is 2. The normalized spacial score (nSPS) is 11.1. The van der Waals surface area contributed by atoms with Crippen LogP contribution in [0, 0.1) is 5.82 Å². The van der Waals surface area contributed by atoms with Gasteiger partial charge in [-0.3, -0.25) is 4.79 Å². The molecular weight excluding hydrogens is 311 g/mol. The fourth-order valence-electron chi connectivity index (χ4n) is 2.02. The highest BCUT2D eigenvalue weighted by Gasteiger charge is 2.08. The van der Waals surface area contributed by atoms with Crippen LogP contribution in [0.5, 0.6) is 11.5 Å². The molecule has 24 heavy (non-hydrogen) atoms. The van der Waals surface area contributed by atoms with E-state index in [0.29, 0.717) is 29.2 Å². The third-order valence-corrected chi connectivity index (χ3v) is 3.32. The van der Waals surface area contributed by atoms with Crippen LogP contribution in [-0.2, 0) is 0 Å². The van der Waals surface area contributed by atoms with E-state index in [2.05, 4.69) is 10.5 Å². The van der Waals surface area contributed by atoms with Gasteiger partial charge in [0.15, 0.2) is 11.6 Å². The Balaban J connectivity index is 2.05. The predicted octanol–water partition coefficient (Wildman–Crippen LogP) is 3.39. The maximum Gasteiger partial charge on any atom is 0.271 e. The van der Waals surface area contributed by atoms with Crippen LogP contribution < -0.4 is 14.9 Å². The van der Waals surface area contributed by atoms with Crippen molar-refractivity contribution in [2.75, 3.05) is 13.7 Å². The number of rotatable bonds is 6. The van der Waals surface area contributed by atoms with E-state index in [9.17, 15) is 9.18 Å². The molecule has 6 heteroatoms. The summed E-state index contributed by atoms with van der Waals surface area (Å²) in [4.78, 5) is 12.1. The Labute approximate surface area is 140 Å². The van der Waals surface area contributed by atoms with Crippen LogP contribution in [0.15, 0.2) is 47.6 Å². The average Bonchev–Trinajstić information content (AvgIpc) is 2.60. The second-order valence-electron chi connectivity index (χ2n) is 4.94. The van der Waals surface area contributed by atoms with E-state index in [1.165, 1.54) is 19.2 Å². The van der Waals surface area contributed by atoms with Gasteiger partial charge in [0, 0.05) is 11.1 Å². The zero-order chi connectivity index (χ0) is 17.5. The molecule has 0 radical (unpaired) electrons. The Kier molecular flexibility index (Phi) is 5.89. The number of benzene rings is 2. The van der Waals surface area contributed by atoms with Gasteiger partial charge in [-0.2, -0.15) is 5.10 Å². The second kappa shape index (κ2) is 8.10. The molecule has 0 aromatic heterocycles. The van der Waals surface area contributed by atoms with Crippen LogP contribution >= 0.6 is 0 Å². The minimum absolute atomic E-state index is 0.157. The second-order valence-corrected chi connectivity index (χ2v) is 4.94. The van der Waals surface area contributed by atoms with Gasteiger partial charge in [0.1, 0.15) is 5.75 Å². The molecule has 0 aliphatic heterocycles. The van der Waals surface area contributed by atoms with Gasteiger partial charge in [-0.1, -0.05) is 0 Å². The third-order valence-electron chi connectivity index (χ3n) is 3.32. The molecular formula is C18H19FN2O3. The fourth-order valence-corrected chi connectivity index (χ4v) is 2.02. The first-order valence-electron chi connectivity index (χ1n) is 7.46. The summed E-state index contributed by atoms with van der Waals surface area (Å²) in [6.07, 6.45) is 0. The van der Waals surface area contributed by atoms with E-state index in [4.69, 9.17) is 9.47 Å². The lowest BCUT2D eigenvalue weighted by molar-refractivity contribution is 0.0955. The molecule has 2 aromatic carbocycles. The largest absolute Gasteiger partial charge is 0.494 e. The quantitative estimate of drug-likeness (QED) is 0.652. The number of carbonyl (C=O) groups excluding carboxylic acids is 1. The monoisotopic (exact) mass is 330 g/mol. The Bertz CT molecular complexity index is 742. The van der Waals surface area contributed by atoms with Crippen molar-refractivity contribution >= 4 is 11.6 Å². The molecule has 0 saturated heterocycles. The number of amides is 1. The molecule has 0 spiro atoms. The molecule has 0 unspecified atom stereocenters. The van der Waals surface area contributed by atoms with Crippen molar-refractivity contribution in [2.24, 2.45) is 5.10 Å². The molecule has 0 bridgehead atoms. The molecule has 0 fully saturated rings. The van der Waals surface area contributed by atoms with E-state index < -0.39 is 5.82 Å². The highest BCUT2D eigenvalue weighted by atomic mass is 19.1. The van der Waals surface area contributed by atoms with Gasteiger partial charge in [-0.15, -0.1) is 0 Å². The van der Waals surface area contributed by atoms with Gasteiger partial charge < -0.3 is 9.47 Å². The first-order valence-corrected chi connectivity index (χ1v) is 7.46. The van der Waals surface area contributed by atoms with E-state index in [0.717, 1.165) is 0 Å². The molecule has 0 aliphatic carbocycles. The molecule has 0 saturated carbocycles. The minimum atomic E-state index is -0.484. The van der Waals surface area contributed by atoms with Crippen LogP contribution in [0.2, 0.25) is 0 Å². The minimum Gasteiger partial charge on any atom is -0.494 e. The Morgan fingerprint density at radius 3 is 2.42 bits per heavy atom. The highest BCUT2D eigenvalue weighted by Crippen LogP contribution is 2.18. The lowest BCUT2D eigenvalue weighted by Gasteiger charge is -2.06.